The smallest absolute Gasteiger partial charge is 0.131 e. The average molecular weight is 367 g/mol. The summed E-state index contributed by atoms with van der Waals surface area (Å²) in [5.74, 6) is 1.58. The van der Waals surface area contributed by atoms with Crippen molar-refractivity contribution in [2.75, 3.05) is 30.3 Å². The predicted molar refractivity (Wildman–Crippen MR) is 98.2 cm³/mol. The zero-order valence-corrected chi connectivity index (χ0v) is 14.8. The zero-order valence-electron chi connectivity index (χ0n) is 13.3. The fraction of sp³-hybridized carbons (Fsp3) is 0.412. The van der Waals surface area contributed by atoms with Gasteiger partial charge in [0.25, 0.3) is 0 Å². The van der Waals surface area contributed by atoms with E-state index < -0.39 is 0 Å². The van der Waals surface area contributed by atoms with Gasteiger partial charge in [-0.15, -0.1) is 0 Å². The molecule has 0 aliphatic carbocycles. The van der Waals surface area contributed by atoms with Crippen molar-refractivity contribution in [3.8, 4) is 0 Å². The molecule has 24 heavy (non-hydrogen) atoms. The molecule has 2 N–H and O–H groups in total. The van der Waals surface area contributed by atoms with E-state index in [1.165, 1.54) is 0 Å². The van der Waals surface area contributed by atoms with Gasteiger partial charge < -0.3 is 15.4 Å². The summed E-state index contributed by atoms with van der Waals surface area (Å²) < 4.78 is 5.59. The standard InChI is InChI=1S/C17H20Cl2N4O/c18-13-4-3-12(15(19)8-13)5-6-20-16-9-17(23-11-22-16)21-10-14-2-1-7-24-14/h3-4,8-9,11,14H,1-2,5-7,10H2,(H2,20,21,22,23). The maximum absolute atomic E-state index is 6.18. The van der Waals surface area contributed by atoms with Crippen LogP contribution in [0.4, 0.5) is 11.6 Å². The fourth-order valence-corrected chi connectivity index (χ4v) is 3.13. The van der Waals surface area contributed by atoms with Crippen molar-refractivity contribution in [2.24, 2.45) is 0 Å². The van der Waals surface area contributed by atoms with Crippen molar-refractivity contribution in [1.82, 2.24) is 9.97 Å². The molecular weight excluding hydrogens is 347 g/mol. The molecule has 7 heteroatoms. The molecule has 0 spiro atoms. The first-order valence-corrected chi connectivity index (χ1v) is 8.81. The monoisotopic (exact) mass is 366 g/mol. The lowest BCUT2D eigenvalue weighted by Gasteiger charge is -2.12. The molecule has 0 radical (unpaired) electrons. The third-order valence-electron chi connectivity index (χ3n) is 3.92. The molecule has 1 aromatic heterocycles. The van der Waals surface area contributed by atoms with Gasteiger partial charge in [0, 0.05) is 35.8 Å². The Hall–Kier alpha value is -1.56. The number of halogens is 2. The second-order valence-corrected chi connectivity index (χ2v) is 6.56. The molecule has 1 aromatic carbocycles. The van der Waals surface area contributed by atoms with Crippen LogP contribution < -0.4 is 10.6 Å². The number of ether oxygens (including phenoxy) is 1. The van der Waals surface area contributed by atoms with Crippen LogP contribution in [0.15, 0.2) is 30.6 Å². The molecule has 2 aromatic rings. The molecule has 1 aliphatic heterocycles. The summed E-state index contributed by atoms with van der Waals surface area (Å²) in [6.07, 6.45) is 4.86. The molecule has 3 rings (SSSR count). The first-order chi connectivity index (χ1) is 11.7. The van der Waals surface area contributed by atoms with E-state index >= 15 is 0 Å². The summed E-state index contributed by atoms with van der Waals surface area (Å²) in [5, 5.41) is 7.92. The van der Waals surface area contributed by atoms with Gasteiger partial charge >= 0.3 is 0 Å². The van der Waals surface area contributed by atoms with Crippen molar-refractivity contribution < 1.29 is 4.74 Å². The third kappa shape index (κ3) is 4.97. The maximum atomic E-state index is 6.18. The van der Waals surface area contributed by atoms with Gasteiger partial charge in [-0.2, -0.15) is 0 Å². The Morgan fingerprint density at radius 2 is 1.96 bits per heavy atom. The molecule has 128 valence electrons. The summed E-state index contributed by atoms with van der Waals surface area (Å²) in [5.41, 5.74) is 1.05. The summed E-state index contributed by atoms with van der Waals surface area (Å²) in [6.45, 7) is 2.36. The lowest BCUT2D eigenvalue weighted by atomic mass is 10.1. The number of anilines is 2. The van der Waals surface area contributed by atoms with Crippen LogP contribution in [0.5, 0.6) is 0 Å². The Kier molecular flexibility index (Phi) is 6.12. The lowest BCUT2D eigenvalue weighted by Crippen LogP contribution is -2.19. The number of hydrogen-bond donors (Lipinski definition) is 2. The Morgan fingerprint density at radius 3 is 2.71 bits per heavy atom. The molecule has 1 atom stereocenters. The Balaban J connectivity index is 1.48. The number of aromatic nitrogens is 2. The Bertz CT molecular complexity index is 677. The predicted octanol–water partition coefficient (Wildman–Crippen LogP) is 4.03. The van der Waals surface area contributed by atoms with Gasteiger partial charge in [0.2, 0.25) is 0 Å². The molecule has 1 fully saturated rings. The Labute approximate surface area is 151 Å². The first kappa shape index (κ1) is 17.3. The van der Waals surface area contributed by atoms with Crippen LogP contribution >= 0.6 is 23.2 Å². The van der Waals surface area contributed by atoms with Crippen LogP contribution in [-0.4, -0.2) is 35.8 Å². The van der Waals surface area contributed by atoms with E-state index in [4.69, 9.17) is 27.9 Å². The minimum atomic E-state index is 0.281. The van der Waals surface area contributed by atoms with Gasteiger partial charge in [-0.3, -0.25) is 0 Å². The van der Waals surface area contributed by atoms with Crippen molar-refractivity contribution in [2.45, 2.75) is 25.4 Å². The number of nitrogens with zero attached hydrogens (tertiary/aromatic N) is 2. The number of nitrogens with one attached hydrogen (secondary N) is 2. The maximum Gasteiger partial charge on any atom is 0.131 e. The van der Waals surface area contributed by atoms with E-state index in [-0.39, 0.29) is 6.10 Å². The molecule has 0 saturated carbocycles. The molecule has 0 amide bonds. The zero-order chi connectivity index (χ0) is 16.8. The highest BCUT2D eigenvalue weighted by atomic mass is 35.5. The Morgan fingerprint density at radius 1 is 1.12 bits per heavy atom. The molecule has 1 unspecified atom stereocenters. The fourth-order valence-electron chi connectivity index (χ4n) is 2.62. The highest BCUT2D eigenvalue weighted by Crippen LogP contribution is 2.21. The SMILES string of the molecule is Clc1ccc(CCNc2cc(NCC3CCCO3)ncn2)c(Cl)c1. The van der Waals surface area contributed by atoms with Gasteiger partial charge in [-0.05, 0) is 37.0 Å². The topological polar surface area (TPSA) is 59.1 Å². The van der Waals surface area contributed by atoms with Crippen molar-refractivity contribution in [1.29, 1.82) is 0 Å². The third-order valence-corrected chi connectivity index (χ3v) is 4.50. The minimum Gasteiger partial charge on any atom is -0.376 e. The van der Waals surface area contributed by atoms with Crippen LogP contribution in [0.1, 0.15) is 18.4 Å². The average Bonchev–Trinajstić information content (AvgIpc) is 3.09. The molecule has 1 saturated heterocycles. The summed E-state index contributed by atoms with van der Waals surface area (Å²) in [4.78, 5) is 8.48. The van der Waals surface area contributed by atoms with Crippen molar-refractivity contribution in [3.05, 3.63) is 46.2 Å². The highest BCUT2D eigenvalue weighted by molar-refractivity contribution is 6.35. The first-order valence-electron chi connectivity index (χ1n) is 8.06. The van der Waals surface area contributed by atoms with Crippen LogP contribution in [0.25, 0.3) is 0 Å². The molecule has 2 heterocycles. The van der Waals surface area contributed by atoms with Gasteiger partial charge in [0.15, 0.2) is 0 Å². The van der Waals surface area contributed by atoms with Crippen molar-refractivity contribution in [3.63, 3.8) is 0 Å². The lowest BCUT2D eigenvalue weighted by molar-refractivity contribution is 0.120. The second-order valence-electron chi connectivity index (χ2n) is 5.72. The number of benzene rings is 1. The van der Waals surface area contributed by atoms with E-state index in [1.54, 1.807) is 12.4 Å². The largest absolute Gasteiger partial charge is 0.376 e. The van der Waals surface area contributed by atoms with Gasteiger partial charge in [-0.25, -0.2) is 9.97 Å². The quantitative estimate of drug-likeness (QED) is 0.774. The second kappa shape index (κ2) is 8.51. The van der Waals surface area contributed by atoms with E-state index in [9.17, 15) is 0 Å². The molecule has 5 nitrogen and oxygen atoms in total. The van der Waals surface area contributed by atoms with Gasteiger partial charge in [0.05, 0.1) is 6.10 Å². The van der Waals surface area contributed by atoms with Crippen LogP contribution in [0.2, 0.25) is 10.0 Å². The highest BCUT2D eigenvalue weighted by Gasteiger charge is 2.15. The summed E-state index contributed by atoms with van der Waals surface area (Å²) >= 11 is 12.1. The van der Waals surface area contributed by atoms with Crippen molar-refractivity contribution >= 4 is 34.8 Å². The molecule has 0 bridgehead atoms. The van der Waals surface area contributed by atoms with E-state index in [0.717, 1.165) is 56.2 Å². The van der Waals surface area contributed by atoms with E-state index in [1.807, 2.05) is 18.2 Å². The number of hydrogen-bond acceptors (Lipinski definition) is 5. The van der Waals surface area contributed by atoms with Crippen LogP contribution in [0.3, 0.4) is 0 Å². The normalized spacial score (nSPS) is 17.0. The summed E-state index contributed by atoms with van der Waals surface area (Å²) in [7, 11) is 0. The van der Waals surface area contributed by atoms with Crippen LogP contribution in [0, 0.1) is 0 Å². The van der Waals surface area contributed by atoms with E-state index in [2.05, 4.69) is 20.6 Å². The van der Waals surface area contributed by atoms with E-state index in [0.29, 0.717) is 10.0 Å². The number of rotatable bonds is 7. The van der Waals surface area contributed by atoms with Crippen LogP contribution in [-0.2, 0) is 11.2 Å². The van der Waals surface area contributed by atoms with Gasteiger partial charge in [0.1, 0.15) is 18.0 Å². The molecule has 1 aliphatic rings. The van der Waals surface area contributed by atoms with Gasteiger partial charge in [-0.1, -0.05) is 29.3 Å². The molecular formula is C17H20Cl2N4O. The minimum absolute atomic E-state index is 0.281. The summed E-state index contributed by atoms with van der Waals surface area (Å²) in [6, 6.07) is 7.45.